The second-order valence-electron chi connectivity index (χ2n) is 4.52. The molecule has 0 bridgehead atoms. The van der Waals surface area contributed by atoms with E-state index in [1.807, 2.05) is 25.1 Å². The molecule has 0 spiro atoms. The summed E-state index contributed by atoms with van der Waals surface area (Å²) in [6.07, 6.45) is 2.56. The van der Waals surface area contributed by atoms with Gasteiger partial charge in [0.15, 0.2) is 0 Å². The molecular weight excluding hydrogens is 296 g/mol. The molecule has 0 radical (unpaired) electrons. The highest BCUT2D eigenvalue weighted by Gasteiger charge is 2.23. The lowest BCUT2D eigenvalue weighted by Crippen LogP contribution is -2.18. The first kappa shape index (κ1) is 13.4. The Morgan fingerprint density at radius 3 is 3.06 bits per heavy atom. The Hall–Kier alpha value is -1.03. The van der Waals surface area contributed by atoms with E-state index in [4.69, 9.17) is 9.47 Å². The minimum absolute atomic E-state index is 0.161. The molecular formula is C14H17BrO3. The lowest BCUT2D eigenvalue weighted by molar-refractivity contribution is -0.135. The molecule has 18 heavy (non-hydrogen) atoms. The number of unbranched alkanes of at least 4 members (excludes halogenated alkanes) is 1. The number of halogens is 1. The van der Waals surface area contributed by atoms with Crippen molar-refractivity contribution in [2.24, 2.45) is 0 Å². The molecule has 2 rings (SSSR count). The van der Waals surface area contributed by atoms with E-state index < -0.39 is 0 Å². The highest BCUT2D eigenvalue weighted by molar-refractivity contribution is 9.09. The molecule has 1 aromatic rings. The summed E-state index contributed by atoms with van der Waals surface area (Å²) >= 11 is 3.39. The number of hydrogen-bond acceptors (Lipinski definition) is 3. The van der Waals surface area contributed by atoms with Crippen LogP contribution < -0.4 is 9.47 Å². The maximum atomic E-state index is 11.4. The van der Waals surface area contributed by atoms with E-state index in [-0.39, 0.29) is 11.9 Å². The van der Waals surface area contributed by atoms with Crippen molar-refractivity contribution in [1.29, 1.82) is 0 Å². The monoisotopic (exact) mass is 312 g/mol. The third-order valence-corrected chi connectivity index (χ3v) is 3.57. The van der Waals surface area contributed by atoms with Crippen molar-refractivity contribution in [3.63, 3.8) is 0 Å². The van der Waals surface area contributed by atoms with E-state index in [1.54, 1.807) is 0 Å². The quantitative estimate of drug-likeness (QED) is 0.360. The molecule has 4 heteroatoms. The molecule has 0 aromatic heterocycles. The van der Waals surface area contributed by atoms with Gasteiger partial charge in [-0.1, -0.05) is 28.9 Å². The van der Waals surface area contributed by atoms with Crippen molar-refractivity contribution < 1.29 is 14.3 Å². The molecule has 1 aromatic carbocycles. The van der Waals surface area contributed by atoms with E-state index in [0.717, 1.165) is 29.5 Å². The van der Waals surface area contributed by atoms with Crippen LogP contribution in [-0.4, -0.2) is 17.9 Å². The van der Waals surface area contributed by atoms with Crippen LogP contribution in [0.15, 0.2) is 18.2 Å². The smallest absolute Gasteiger partial charge is 0.311 e. The molecule has 0 saturated carbocycles. The minimum Gasteiger partial charge on any atom is -0.493 e. The molecule has 0 amide bonds. The molecule has 3 nitrogen and oxygen atoms in total. The van der Waals surface area contributed by atoms with Gasteiger partial charge < -0.3 is 9.47 Å². The van der Waals surface area contributed by atoms with Crippen LogP contribution in [0.5, 0.6) is 11.5 Å². The highest BCUT2D eigenvalue weighted by atomic mass is 79.9. The largest absolute Gasteiger partial charge is 0.493 e. The second kappa shape index (κ2) is 6.23. The Labute approximate surface area is 116 Å². The number of rotatable bonds is 5. The number of fused-ring (bicyclic) bond motifs is 1. The molecule has 1 atom stereocenters. The van der Waals surface area contributed by atoms with Gasteiger partial charge in [-0.05, 0) is 30.4 Å². The highest BCUT2D eigenvalue weighted by Crippen LogP contribution is 2.36. The van der Waals surface area contributed by atoms with Crippen LogP contribution in [0.3, 0.4) is 0 Å². The number of benzene rings is 1. The molecule has 98 valence electrons. The summed E-state index contributed by atoms with van der Waals surface area (Å²) in [6.45, 7) is 2.73. The molecule has 1 heterocycles. The van der Waals surface area contributed by atoms with E-state index in [9.17, 15) is 4.79 Å². The number of esters is 1. The Bertz CT molecular complexity index is 431. The van der Waals surface area contributed by atoms with Crippen molar-refractivity contribution in [3.05, 3.63) is 23.8 Å². The molecule has 1 unspecified atom stereocenters. The van der Waals surface area contributed by atoms with Crippen LogP contribution in [0.1, 0.15) is 37.7 Å². The first-order valence-electron chi connectivity index (χ1n) is 6.24. The van der Waals surface area contributed by atoms with Crippen molar-refractivity contribution >= 4 is 21.9 Å². The van der Waals surface area contributed by atoms with Crippen LogP contribution in [0.2, 0.25) is 0 Å². The number of carbonyl (C=O) groups excluding carboxylic acids is 1. The average molecular weight is 313 g/mol. The number of ether oxygens (including phenoxy) is 2. The molecule has 0 saturated heterocycles. The maximum absolute atomic E-state index is 11.4. The van der Waals surface area contributed by atoms with E-state index in [0.29, 0.717) is 18.8 Å². The topological polar surface area (TPSA) is 35.5 Å². The van der Waals surface area contributed by atoms with Crippen molar-refractivity contribution in [2.75, 3.05) is 11.9 Å². The van der Waals surface area contributed by atoms with Gasteiger partial charge >= 0.3 is 5.97 Å². The molecule has 0 N–H and O–H groups in total. The third-order valence-electron chi connectivity index (χ3n) is 3.01. The minimum atomic E-state index is -0.161. The number of carbonyl (C=O) groups is 1. The van der Waals surface area contributed by atoms with Crippen LogP contribution in [-0.2, 0) is 4.79 Å². The fourth-order valence-electron chi connectivity index (χ4n) is 2.01. The van der Waals surface area contributed by atoms with E-state index >= 15 is 0 Å². The standard InChI is InChI=1S/C14H17BrO3/c1-10-8-14(16)18-13-9-11(4-5-12(10)13)17-7-3-2-6-15/h4-5,9-10H,2-3,6-8H2,1H3. The van der Waals surface area contributed by atoms with Crippen molar-refractivity contribution in [2.45, 2.75) is 32.1 Å². The first-order valence-corrected chi connectivity index (χ1v) is 7.36. The fourth-order valence-corrected chi connectivity index (χ4v) is 2.41. The van der Waals surface area contributed by atoms with Gasteiger partial charge in [-0.3, -0.25) is 4.79 Å². The predicted molar refractivity (Wildman–Crippen MR) is 73.6 cm³/mol. The summed E-state index contributed by atoms with van der Waals surface area (Å²) in [5, 5.41) is 0.996. The summed E-state index contributed by atoms with van der Waals surface area (Å²) in [5.74, 6) is 1.48. The Morgan fingerprint density at radius 1 is 1.44 bits per heavy atom. The third kappa shape index (κ3) is 3.25. The molecule has 0 fully saturated rings. The van der Waals surface area contributed by atoms with Gasteiger partial charge in [0, 0.05) is 11.4 Å². The van der Waals surface area contributed by atoms with Crippen molar-refractivity contribution in [3.8, 4) is 11.5 Å². The Balaban J connectivity index is 2.02. The summed E-state index contributed by atoms with van der Waals surface area (Å²) < 4.78 is 10.9. The van der Waals surface area contributed by atoms with Gasteiger partial charge in [-0.25, -0.2) is 0 Å². The van der Waals surface area contributed by atoms with Crippen LogP contribution in [0.25, 0.3) is 0 Å². The van der Waals surface area contributed by atoms with Crippen LogP contribution in [0, 0.1) is 0 Å². The summed E-state index contributed by atoms with van der Waals surface area (Å²) in [6, 6.07) is 5.76. The predicted octanol–water partition coefficient (Wildman–Crippen LogP) is 3.65. The number of hydrogen-bond donors (Lipinski definition) is 0. The molecule has 1 aliphatic rings. The van der Waals surface area contributed by atoms with Crippen molar-refractivity contribution in [1.82, 2.24) is 0 Å². The summed E-state index contributed by atoms with van der Waals surface area (Å²) in [5.41, 5.74) is 1.09. The van der Waals surface area contributed by atoms with Gasteiger partial charge in [0.05, 0.1) is 13.0 Å². The Kier molecular flexibility index (Phi) is 4.64. The van der Waals surface area contributed by atoms with E-state index in [1.165, 1.54) is 0 Å². The summed E-state index contributed by atoms with van der Waals surface area (Å²) in [7, 11) is 0. The van der Waals surface area contributed by atoms with Gasteiger partial charge in [0.1, 0.15) is 11.5 Å². The van der Waals surface area contributed by atoms with Crippen LogP contribution >= 0.6 is 15.9 Å². The van der Waals surface area contributed by atoms with Gasteiger partial charge in [0.25, 0.3) is 0 Å². The van der Waals surface area contributed by atoms with Gasteiger partial charge in [-0.15, -0.1) is 0 Å². The average Bonchev–Trinajstić information content (AvgIpc) is 2.34. The summed E-state index contributed by atoms with van der Waals surface area (Å²) in [4.78, 5) is 11.4. The maximum Gasteiger partial charge on any atom is 0.311 e. The van der Waals surface area contributed by atoms with Gasteiger partial charge in [-0.2, -0.15) is 0 Å². The first-order chi connectivity index (χ1) is 8.70. The fraction of sp³-hybridized carbons (Fsp3) is 0.500. The zero-order chi connectivity index (χ0) is 13.0. The number of alkyl halides is 1. The SMILES string of the molecule is CC1CC(=O)Oc2cc(OCCCCBr)ccc21. The Morgan fingerprint density at radius 2 is 2.28 bits per heavy atom. The van der Waals surface area contributed by atoms with Gasteiger partial charge in [0.2, 0.25) is 0 Å². The van der Waals surface area contributed by atoms with Crippen LogP contribution in [0.4, 0.5) is 0 Å². The zero-order valence-corrected chi connectivity index (χ0v) is 12.0. The lowest BCUT2D eigenvalue weighted by Gasteiger charge is -2.21. The second-order valence-corrected chi connectivity index (χ2v) is 5.32. The zero-order valence-electron chi connectivity index (χ0n) is 10.4. The van der Waals surface area contributed by atoms with E-state index in [2.05, 4.69) is 15.9 Å². The lowest BCUT2D eigenvalue weighted by atomic mass is 9.95. The molecule has 0 aliphatic carbocycles. The normalized spacial score (nSPS) is 18.1. The molecule has 1 aliphatic heterocycles.